The van der Waals surface area contributed by atoms with Crippen molar-refractivity contribution in [2.24, 2.45) is 0 Å². The Balaban J connectivity index is 2.43. The molecular formula is C10H7ClFN5O2. The lowest BCUT2D eigenvalue weighted by Crippen LogP contribution is -2.05. The van der Waals surface area contributed by atoms with Gasteiger partial charge in [0.2, 0.25) is 11.6 Å². The van der Waals surface area contributed by atoms with Crippen molar-refractivity contribution >= 4 is 34.6 Å². The van der Waals surface area contributed by atoms with E-state index in [9.17, 15) is 14.5 Å². The average Bonchev–Trinajstić information content (AvgIpc) is 2.26. The zero-order valence-electron chi connectivity index (χ0n) is 9.30. The van der Waals surface area contributed by atoms with Crippen LogP contribution in [0.25, 0.3) is 0 Å². The number of anilines is 3. The molecule has 3 N–H and O–H groups in total. The molecule has 7 nitrogen and oxygen atoms in total. The van der Waals surface area contributed by atoms with E-state index in [0.717, 1.165) is 18.5 Å². The third-order valence-electron chi connectivity index (χ3n) is 2.16. The number of nitrogens with zero attached hydrogens (tertiary/aromatic N) is 3. The highest BCUT2D eigenvalue weighted by molar-refractivity contribution is 6.30. The normalized spacial score (nSPS) is 10.2. The Hall–Kier alpha value is -2.48. The van der Waals surface area contributed by atoms with E-state index in [1.807, 2.05) is 0 Å². The number of rotatable bonds is 3. The fraction of sp³-hybridized carbons (Fsp3) is 0. The lowest BCUT2D eigenvalue weighted by Gasteiger charge is -2.07. The van der Waals surface area contributed by atoms with Gasteiger partial charge in [0.1, 0.15) is 12.1 Å². The zero-order chi connectivity index (χ0) is 14.0. The summed E-state index contributed by atoms with van der Waals surface area (Å²) in [5, 5.41) is 13.6. The van der Waals surface area contributed by atoms with Crippen LogP contribution in [0.4, 0.5) is 27.4 Å². The molecule has 0 aliphatic heterocycles. The molecule has 0 aliphatic carbocycles. The minimum Gasteiger partial charge on any atom is -0.378 e. The first kappa shape index (κ1) is 13.0. The predicted molar refractivity (Wildman–Crippen MR) is 67.8 cm³/mol. The third kappa shape index (κ3) is 2.86. The van der Waals surface area contributed by atoms with Crippen molar-refractivity contribution in [3.63, 3.8) is 0 Å². The van der Waals surface area contributed by atoms with Gasteiger partial charge in [0, 0.05) is 10.7 Å². The minimum absolute atomic E-state index is 0.140. The molecule has 0 aliphatic rings. The van der Waals surface area contributed by atoms with Gasteiger partial charge in [0.25, 0.3) is 0 Å². The highest BCUT2D eigenvalue weighted by Crippen LogP contribution is 2.30. The molecule has 0 fully saturated rings. The molecule has 0 unspecified atom stereocenters. The van der Waals surface area contributed by atoms with E-state index in [2.05, 4.69) is 15.3 Å². The average molecular weight is 284 g/mol. The van der Waals surface area contributed by atoms with Crippen LogP contribution in [0.1, 0.15) is 0 Å². The second-order valence-electron chi connectivity index (χ2n) is 3.50. The van der Waals surface area contributed by atoms with Crippen LogP contribution in [0.5, 0.6) is 0 Å². The summed E-state index contributed by atoms with van der Waals surface area (Å²) >= 11 is 5.68. The van der Waals surface area contributed by atoms with E-state index < -0.39 is 16.4 Å². The molecule has 0 atom stereocenters. The van der Waals surface area contributed by atoms with E-state index in [-0.39, 0.29) is 22.3 Å². The molecule has 19 heavy (non-hydrogen) atoms. The number of nitro groups is 1. The van der Waals surface area contributed by atoms with E-state index in [1.54, 1.807) is 0 Å². The molecule has 1 aromatic carbocycles. The van der Waals surface area contributed by atoms with Crippen LogP contribution in [0.15, 0.2) is 24.5 Å². The van der Waals surface area contributed by atoms with Gasteiger partial charge in [-0.25, -0.2) is 14.4 Å². The molecule has 98 valence electrons. The summed E-state index contributed by atoms with van der Waals surface area (Å²) in [5.41, 5.74) is 5.13. The summed E-state index contributed by atoms with van der Waals surface area (Å²) < 4.78 is 13.2. The molecule has 1 heterocycles. The van der Waals surface area contributed by atoms with Crippen molar-refractivity contribution in [1.82, 2.24) is 9.97 Å². The van der Waals surface area contributed by atoms with Crippen LogP contribution in [0.3, 0.4) is 0 Å². The first-order chi connectivity index (χ1) is 8.97. The van der Waals surface area contributed by atoms with E-state index in [0.29, 0.717) is 0 Å². The minimum atomic E-state index is -0.724. The molecule has 9 heteroatoms. The van der Waals surface area contributed by atoms with Crippen molar-refractivity contribution in [1.29, 1.82) is 0 Å². The number of hydrogen-bond donors (Lipinski definition) is 2. The summed E-state index contributed by atoms with van der Waals surface area (Å²) in [6.07, 6.45) is 1.06. The highest BCUT2D eigenvalue weighted by atomic mass is 35.5. The SMILES string of the molecule is Nc1ncnc(Nc2cc(F)cc(Cl)c2)c1[N+](=O)[O-]. The van der Waals surface area contributed by atoms with Crippen molar-refractivity contribution < 1.29 is 9.31 Å². The summed E-state index contributed by atoms with van der Waals surface area (Å²) in [6, 6.07) is 3.62. The fourth-order valence-electron chi connectivity index (χ4n) is 1.43. The summed E-state index contributed by atoms with van der Waals surface area (Å²) in [4.78, 5) is 17.4. The fourth-order valence-corrected chi connectivity index (χ4v) is 1.65. The van der Waals surface area contributed by atoms with Crippen molar-refractivity contribution in [3.8, 4) is 0 Å². The molecule has 2 rings (SSSR count). The number of nitrogens with one attached hydrogen (secondary N) is 1. The quantitative estimate of drug-likeness (QED) is 0.662. The largest absolute Gasteiger partial charge is 0.378 e. The topological polar surface area (TPSA) is 107 Å². The number of halogens is 2. The van der Waals surface area contributed by atoms with Gasteiger partial charge in [0.05, 0.1) is 4.92 Å². The molecular weight excluding hydrogens is 277 g/mol. The Labute approximate surface area is 111 Å². The lowest BCUT2D eigenvalue weighted by molar-refractivity contribution is -0.383. The predicted octanol–water partition coefficient (Wildman–Crippen LogP) is 2.50. The van der Waals surface area contributed by atoms with Crippen LogP contribution in [-0.4, -0.2) is 14.9 Å². The number of hydrogen-bond acceptors (Lipinski definition) is 6. The van der Waals surface area contributed by atoms with Crippen LogP contribution >= 0.6 is 11.6 Å². The molecule has 0 bridgehead atoms. The Morgan fingerprint density at radius 2 is 2.11 bits per heavy atom. The highest BCUT2D eigenvalue weighted by Gasteiger charge is 2.21. The van der Waals surface area contributed by atoms with Crippen molar-refractivity contribution in [3.05, 3.63) is 45.5 Å². The van der Waals surface area contributed by atoms with Gasteiger partial charge < -0.3 is 11.1 Å². The van der Waals surface area contributed by atoms with Gasteiger partial charge in [-0.2, -0.15) is 0 Å². The maximum absolute atomic E-state index is 13.2. The molecule has 0 amide bonds. The van der Waals surface area contributed by atoms with E-state index in [1.165, 1.54) is 6.07 Å². The van der Waals surface area contributed by atoms with E-state index in [4.69, 9.17) is 17.3 Å². The Morgan fingerprint density at radius 1 is 1.37 bits per heavy atom. The first-order valence-electron chi connectivity index (χ1n) is 4.95. The van der Waals surface area contributed by atoms with Gasteiger partial charge in [0.15, 0.2) is 0 Å². The zero-order valence-corrected chi connectivity index (χ0v) is 10.1. The Kier molecular flexibility index (Phi) is 3.43. The summed E-state index contributed by atoms with van der Waals surface area (Å²) in [6.45, 7) is 0. The summed E-state index contributed by atoms with van der Waals surface area (Å²) in [7, 11) is 0. The van der Waals surface area contributed by atoms with E-state index >= 15 is 0 Å². The summed E-state index contributed by atoms with van der Waals surface area (Å²) in [5.74, 6) is -1.01. The first-order valence-corrected chi connectivity index (χ1v) is 5.33. The lowest BCUT2D eigenvalue weighted by atomic mass is 10.3. The third-order valence-corrected chi connectivity index (χ3v) is 2.38. The number of nitrogens with two attached hydrogens (primary N) is 1. The van der Waals surface area contributed by atoms with Crippen molar-refractivity contribution in [2.75, 3.05) is 11.1 Å². The number of benzene rings is 1. The van der Waals surface area contributed by atoms with Gasteiger partial charge >= 0.3 is 5.69 Å². The molecule has 0 radical (unpaired) electrons. The maximum atomic E-state index is 13.2. The standard InChI is InChI=1S/C10H7ClFN5O2/c11-5-1-6(12)3-7(2-5)16-10-8(17(18)19)9(13)14-4-15-10/h1-4H,(H3,13,14,15,16). The van der Waals surface area contributed by atoms with Crippen LogP contribution in [-0.2, 0) is 0 Å². The second kappa shape index (κ2) is 5.02. The van der Waals surface area contributed by atoms with Gasteiger partial charge in [-0.15, -0.1) is 0 Å². The van der Waals surface area contributed by atoms with Crippen molar-refractivity contribution in [2.45, 2.75) is 0 Å². The number of aromatic nitrogens is 2. The maximum Gasteiger partial charge on any atom is 0.353 e. The Bertz CT molecular complexity index is 632. The number of nitrogen functional groups attached to an aromatic ring is 1. The molecule has 0 saturated heterocycles. The monoisotopic (exact) mass is 283 g/mol. The molecule has 2 aromatic rings. The van der Waals surface area contributed by atoms with Crippen LogP contribution < -0.4 is 11.1 Å². The smallest absolute Gasteiger partial charge is 0.353 e. The van der Waals surface area contributed by atoms with Crippen LogP contribution in [0.2, 0.25) is 5.02 Å². The molecule has 1 aromatic heterocycles. The molecule has 0 spiro atoms. The molecule has 0 saturated carbocycles. The van der Waals surface area contributed by atoms with Gasteiger partial charge in [-0.05, 0) is 18.2 Å². The van der Waals surface area contributed by atoms with Gasteiger partial charge in [-0.3, -0.25) is 10.1 Å². The Morgan fingerprint density at radius 3 is 2.74 bits per heavy atom. The van der Waals surface area contributed by atoms with Gasteiger partial charge in [-0.1, -0.05) is 11.6 Å². The second-order valence-corrected chi connectivity index (χ2v) is 3.93. The van der Waals surface area contributed by atoms with Crippen LogP contribution in [0, 0.1) is 15.9 Å².